The monoisotopic (exact) mass is 251 g/mol. The Morgan fingerprint density at radius 3 is 2.39 bits per heavy atom. The van der Waals surface area contributed by atoms with Gasteiger partial charge in [-0.1, -0.05) is 19.3 Å². The number of carbonyl (C=O) groups is 1. The molecule has 1 N–H and O–H groups in total. The van der Waals surface area contributed by atoms with Crippen LogP contribution in [0, 0.1) is 5.82 Å². The van der Waals surface area contributed by atoms with Crippen molar-refractivity contribution >= 4 is 5.91 Å². The minimum atomic E-state index is -0.497. The second kappa shape index (κ2) is 5.85. The number of hydrogen-bond acceptors (Lipinski definition) is 2. The molecule has 3 nitrogen and oxygen atoms in total. The number of rotatable bonds is 1. The fourth-order valence-electron chi connectivity index (χ4n) is 2.30. The van der Waals surface area contributed by atoms with E-state index in [0.717, 1.165) is 37.8 Å². The fourth-order valence-corrected chi connectivity index (χ4v) is 2.30. The number of carbonyl (C=O) groups excluding carboxylic acids is 1. The van der Waals surface area contributed by atoms with E-state index in [1.165, 1.54) is 12.5 Å². The molecule has 1 fully saturated rings. The molecule has 0 bridgehead atoms. The highest BCUT2D eigenvalue weighted by atomic mass is 19.1. The number of halogens is 1. The van der Waals surface area contributed by atoms with Crippen molar-refractivity contribution in [2.75, 3.05) is 13.1 Å². The van der Waals surface area contributed by atoms with Crippen LogP contribution in [0.5, 0.6) is 5.75 Å². The maximum Gasteiger partial charge on any atom is 0.257 e. The van der Waals surface area contributed by atoms with Gasteiger partial charge in [-0.25, -0.2) is 4.39 Å². The summed E-state index contributed by atoms with van der Waals surface area (Å²) < 4.78 is 13.1. The second-order valence-corrected chi connectivity index (χ2v) is 4.72. The third-order valence-corrected chi connectivity index (χ3v) is 3.33. The van der Waals surface area contributed by atoms with Crippen LogP contribution in [0.15, 0.2) is 18.2 Å². The van der Waals surface area contributed by atoms with Gasteiger partial charge in [0, 0.05) is 13.1 Å². The topological polar surface area (TPSA) is 40.5 Å². The number of likely N-dealkylation sites (tertiary alicyclic amines) is 1. The van der Waals surface area contributed by atoms with Crippen LogP contribution in [-0.4, -0.2) is 29.0 Å². The van der Waals surface area contributed by atoms with Gasteiger partial charge in [-0.05, 0) is 31.0 Å². The highest BCUT2D eigenvalue weighted by Gasteiger charge is 2.19. The summed E-state index contributed by atoms with van der Waals surface area (Å²) in [6.07, 6.45) is 5.41. The Morgan fingerprint density at radius 1 is 1.11 bits per heavy atom. The van der Waals surface area contributed by atoms with Crippen LogP contribution in [0.1, 0.15) is 42.5 Å². The van der Waals surface area contributed by atoms with E-state index in [9.17, 15) is 14.3 Å². The largest absolute Gasteiger partial charge is 0.507 e. The summed E-state index contributed by atoms with van der Waals surface area (Å²) in [6, 6.07) is 3.49. The molecule has 4 heteroatoms. The first-order chi connectivity index (χ1) is 8.68. The first kappa shape index (κ1) is 12.9. The Kier molecular flexibility index (Phi) is 4.18. The number of phenols is 1. The predicted molar refractivity (Wildman–Crippen MR) is 67.1 cm³/mol. The summed E-state index contributed by atoms with van der Waals surface area (Å²) in [4.78, 5) is 14.0. The van der Waals surface area contributed by atoms with Crippen LogP contribution < -0.4 is 0 Å². The number of phenolic OH excluding ortho intramolecular Hbond substituents is 1. The summed E-state index contributed by atoms with van der Waals surface area (Å²) in [5.41, 5.74) is 0.0653. The van der Waals surface area contributed by atoms with E-state index >= 15 is 0 Å². The zero-order valence-electron chi connectivity index (χ0n) is 10.4. The zero-order valence-corrected chi connectivity index (χ0v) is 10.4. The molecule has 1 aliphatic heterocycles. The van der Waals surface area contributed by atoms with Crippen LogP contribution >= 0.6 is 0 Å². The van der Waals surface area contributed by atoms with Crippen molar-refractivity contribution in [3.8, 4) is 5.75 Å². The first-order valence-corrected chi connectivity index (χ1v) is 6.46. The normalized spacial score (nSPS) is 17.1. The van der Waals surface area contributed by atoms with Gasteiger partial charge in [-0.3, -0.25) is 4.79 Å². The third-order valence-electron chi connectivity index (χ3n) is 3.33. The highest BCUT2D eigenvalue weighted by molar-refractivity contribution is 5.96. The third kappa shape index (κ3) is 3.00. The van der Waals surface area contributed by atoms with Crippen LogP contribution in [0.2, 0.25) is 0 Å². The van der Waals surface area contributed by atoms with Crippen LogP contribution in [0.25, 0.3) is 0 Å². The number of amides is 1. The summed E-state index contributed by atoms with van der Waals surface area (Å²) >= 11 is 0. The van der Waals surface area contributed by atoms with Gasteiger partial charge in [0.2, 0.25) is 0 Å². The van der Waals surface area contributed by atoms with Gasteiger partial charge in [0.15, 0.2) is 0 Å². The molecule has 0 aromatic heterocycles. The molecule has 1 aromatic carbocycles. The summed E-state index contributed by atoms with van der Waals surface area (Å²) in [7, 11) is 0. The number of nitrogens with zero attached hydrogens (tertiary/aromatic N) is 1. The lowest BCUT2D eigenvalue weighted by Gasteiger charge is -2.25. The quantitative estimate of drug-likeness (QED) is 0.833. The smallest absolute Gasteiger partial charge is 0.257 e. The lowest BCUT2D eigenvalue weighted by molar-refractivity contribution is 0.0739. The average molecular weight is 251 g/mol. The highest BCUT2D eigenvalue weighted by Crippen LogP contribution is 2.21. The molecular weight excluding hydrogens is 233 g/mol. The van der Waals surface area contributed by atoms with Crippen molar-refractivity contribution in [2.45, 2.75) is 32.1 Å². The summed E-state index contributed by atoms with van der Waals surface area (Å²) in [5.74, 6) is -0.916. The standard InChI is InChI=1S/C14H18FNO2/c15-11-6-7-13(17)12(10-11)14(18)16-8-4-2-1-3-5-9-16/h6-7,10,17H,1-5,8-9H2. The van der Waals surface area contributed by atoms with Crippen molar-refractivity contribution in [2.24, 2.45) is 0 Å². The van der Waals surface area contributed by atoms with Crippen molar-refractivity contribution in [3.63, 3.8) is 0 Å². The molecular formula is C14H18FNO2. The van der Waals surface area contributed by atoms with Crippen molar-refractivity contribution in [1.29, 1.82) is 0 Å². The minimum absolute atomic E-state index is 0.0653. The van der Waals surface area contributed by atoms with Crippen molar-refractivity contribution in [3.05, 3.63) is 29.6 Å². The molecule has 0 spiro atoms. The molecule has 98 valence electrons. The van der Waals surface area contributed by atoms with Crippen molar-refractivity contribution < 1.29 is 14.3 Å². The molecule has 2 rings (SSSR count). The Balaban J connectivity index is 2.15. The average Bonchev–Trinajstić information content (AvgIpc) is 2.31. The number of hydrogen-bond donors (Lipinski definition) is 1. The van der Waals surface area contributed by atoms with E-state index in [1.807, 2.05) is 0 Å². The molecule has 0 unspecified atom stereocenters. The molecule has 1 heterocycles. The van der Waals surface area contributed by atoms with Gasteiger partial charge < -0.3 is 10.0 Å². The molecule has 1 amide bonds. The van der Waals surface area contributed by atoms with E-state index in [-0.39, 0.29) is 17.2 Å². The van der Waals surface area contributed by atoms with Gasteiger partial charge in [-0.2, -0.15) is 0 Å². The Bertz CT molecular complexity index is 426. The predicted octanol–water partition coefficient (Wildman–Crippen LogP) is 2.94. The minimum Gasteiger partial charge on any atom is -0.507 e. The molecule has 1 saturated heterocycles. The number of benzene rings is 1. The van der Waals surface area contributed by atoms with E-state index in [4.69, 9.17) is 0 Å². The van der Waals surface area contributed by atoms with Gasteiger partial charge in [-0.15, -0.1) is 0 Å². The Labute approximate surface area is 106 Å². The van der Waals surface area contributed by atoms with Crippen LogP contribution in [0.3, 0.4) is 0 Å². The molecule has 0 radical (unpaired) electrons. The van der Waals surface area contributed by atoms with E-state index in [0.29, 0.717) is 13.1 Å². The lowest BCUT2D eigenvalue weighted by Crippen LogP contribution is -2.33. The first-order valence-electron chi connectivity index (χ1n) is 6.46. The Morgan fingerprint density at radius 2 is 1.72 bits per heavy atom. The van der Waals surface area contributed by atoms with Gasteiger partial charge in [0.05, 0.1) is 5.56 Å². The molecule has 18 heavy (non-hydrogen) atoms. The van der Waals surface area contributed by atoms with Gasteiger partial charge in [0.25, 0.3) is 5.91 Å². The lowest BCUT2D eigenvalue weighted by atomic mass is 10.1. The zero-order chi connectivity index (χ0) is 13.0. The second-order valence-electron chi connectivity index (χ2n) is 4.72. The molecule has 1 aromatic rings. The van der Waals surface area contributed by atoms with Crippen LogP contribution in [-0.2, 0) is 0 Å². The SMILES string of the molecule is O=C(c1cc(F)ccc1O)N1CCCCCCC1. The van der Waals surface area contributed by atoms with Crippen LogP contribution in [0.4, 0.5) is 4.39 Å². The molecule has 0 atom stereocenters. The van der Waals surface area contributed by atoms with E-state index < -0.39 is 5.82 Å². The summed E-state index contributed by atoms with van der Waals surface area (Å²) in [6.45, 7) is 1.38. The van der Waals surface area contributed by atoms with Crippen molar-refractivity contribution in [1.82, 2.24) is 4.90 Å². The van der Waals surface area contributed by atoms with E-state index in [1.54, 1.807) is 4.90 Å². The maximum absolute atomic E-state index is 13.1. The number of aromatic hydroxyl groups is 1. The molecule has 1 aliphatic rings. The molecule has 0 aliphatic carbocycles. The molecule has 0 saturated carbocycles. The Hall–Kier alpha value is -1.58. The van der Waals surface area contributed by atoms with E-state index in [2.05, 4.69) is 0 Å². The summed E-state index contributed by atoms with van der Waals surface area (Å²) in [5, 5.41) is 9.65. The fraction of sp³-hybridized carbons (Fsp3) is 0.500. The van der Waals surface area contributed by atoms with Gasteiger partial charge in [0.1, 0.15) is 11.6 Å². The van der Waals surface area contributed by atoms with Gasteiger partial charge >= 0.3 is 0 Å². The maximum atomic E-state index is 13.1.